The maximum Gasteiger partial charge on any atom is 0.253 e. The molecule has 0 aliphatic carbocycles. The highest BCUT2D eigenvalue weighted by molar-refractivity contribution is 7.92. The first kappa shape index (κ1) is 21.5. The second-order valence-electron chi connectivity index (χ2n) is 8.03. The van der Waals surface area contributed by atoms with Crippen molar-refractivity contribution in [1.82, 2.24) is 5.32 Å². The lowest BCUT2D eigenvalue weighted by atomic mass is 9.88. The number of hydrogen-bond donors (Lipinski definition) is 1. The average molecular weight is 437 g/mol. The van der Waals surface area contributed by atoms with Crippen LogP contribution in [0.3, 0.4) is 0 Å². The first-order chi connectivity index (χ1) is 13.4. The number of benzene rings is 2. The molecule has 1 aliphatic heterocycles. The van der Waals surface area contributed by atoms with Crippen molar-refractivity contribution in [3.8, 4) is 5.75 Å². The van der Waals surface area contributed by atoms with E-state index in [0.717, 1.165) is 27.4 Å². The Hall–Kier alpha value is -2.25. The minimum atomic E-state index is -3.46. The summed E-state index contributed by atoms with van der Waals surface area (Å²) in [5.41, 5.74) is 2.13. The number of carbonyl (C=O) groups is 1. The number of nitrogens with zero attached hydrogens (tertiary/aromatic N) is 1. The first-order valence-corrected chi connectivity index (χ1v) is 11.4. The van der Waals surface area contributed by atoms with Crippen LogP contribution < -0.4 is 14.4 Å². The molecule has 2 aromatic rings. The summed E-state index contributed by atoms with van der Waals surface area (Å²) in [5, 5.41) is 3.30. The van der Waals surface area contributed by atoms with Crippen molar-refractivity contribution >= 4 is 33.2 Å². The molecule has 1 amide bonds. The largest absolute Gasteiger partial charge is 0.487 e. The van der Waals surface area contributed by atoms with E-state index in [0.29, 0.717) is 12.1 Å². The summed E-state index contributed by atoms with van der Waals surface area (Å²) in [6.45, 7) is 5.94. The van der Waals surface area contributed by atoms with Crippen molar-refractivity contribution in [1.29, 1.82) is 0 Å². The molecule has 3 rings (SSSR count). The highest BCUT2D eigenvalue weighted by Crippen LogP contribution is 2.40. The number of fused-ring (bicyclic) bond motifs is 1. The van der Waals surface area contributed by atoms with E-state index in [1.165, 1.54) is 19.2 Å². The van der Waals surface area contributed by atoms with Crippen molar-refractivity contribution in [3.05, 3.63) is 58.1 Å². The summed E-state index contributed by atoms with van der Waals surface area (Å²) in [5.74, 6) is 0.378. The van der Waals surface area contributed by atoms with Gasteiger partial charge >= 0.3 is 0 Å². The molecule has 1 aliphatic rings. The SMILES string of the molecule is Cc1ccc2c(c1)[C@H](NC(=O)c1cc(N(C)S(C)(=O)=O)ccc1Cl)CC(C)(C)O2. The molecule has 6 nitrogen and oxygen atoms in total. The van der Waals surface area contributed by atoms with Gasteiger partial charge in [0.2, 0.25) is 10.0 Å². The molecule has 0 unspecified atom stereocenters. The molecular weight excluding hydrogens is 412 g/mol. The van der Waals surface area contributed by atoms with Crippen LogP contribution in [-0.4, -0.2) is 33.2 Å². The number of sulfonamides is 1. The number of carbonyl (C=O) groups excluding carboxylic acids is 1. The Balaban J connectivity index is 1.94. The van der Waals surface area contributed by atoms with Crippen LogP contribution in [0, 0.1) is 6.92 Å². The van der Waals surface area contributed by atoms with Gasteiger partial charge in [0, 0.05) is 19.0 Å². The van der Waals surface area contributed by atoms with Crippen molar-refractivity contribution in [2.24, 2.45) is 0 Å². The third kappa shape index (κ3) is 4.67. The third-order valence-corrected chi connectivity index (χ3v) is 6.52. The van der Waals surface area contributed by atoms with E-state index in [4.69, 9.17) is 16.3 Å². The predicted octanol–water partition coefficient (Wildman–Crippen LogP) is 4.08. The van der Waals surface area contributed by atoms with Gasteiger partial charge < -0.3 is 10.1 Å². The van der Waals surface area contributed by atoms with Crippen molar-refractivity contribution in [2.45, 2.75) is 38.8 Å². The fourth-order valence-corrected chi connectivity index (χ4v) is 4.11. The van der Waals surface area contributed by atoms with Crippen LogP contribution in [-0.2, 0) is 10.0 Å². The summed E-state index contributed by atoms with van der Waals surface area (Å²) >= 11 is 6.26. The van der Waals surface area contributed by atoms with Gasteiger partial charge in [-0.2, -0.15) is 0 Å². The fraction of sp³-hybridized carbons (Fsp3) is 0.381. The standard InChI is InChI=1S/C21H25ClN2O4S/c1-13-6-9-19-16(10-13)18(12-21(2,3)28-19)23-20(25)15-11-14(7-8-17(15)22)24(4)29(5,26)27/h6-11,18H,12H2,1-5H3,(H,23,25)/t18-/m1/s1. The Bertz CT molecular complexity index is 1070. The average Bonchev–Trinajstić information content (AvgIpc) is 2.60. The van der Waals surface area contributed by atoms with E-state index < -0.39 is 15.6 Å². The zero-order valence-electron chi connectivity index (χ0n) is 17.1. The molecule has 29 heavy (non-hydrogen) atoms. The van der Waals surface area contributed by atoms with Gasteiger partial charge in [-0.05, 0) is 45.0 Å². The smallest absolute Gasteiger partial charge is 0.253 e. The fourth-order valence-electron chi connectivity index (χ4n) is 3.41. The molecule has 1 N–H and O–H groups in total. The summed E-state index contributed by atoms with van der Waals surface area (Å²) in [4.78, 5) is 13.1. The molecule has 1 atom stereocenters. The maximum atomic E-state index is 13.1. The molecule has 0 aromatic heterocycles. The maximum absolute atomic E-state index is 13.1. The van der Waals surface area contributed by atoms with E-state index in [2.05, 4.69) is 5.32 Å². The van der Waals surface area contributed by atoms with Gasteiger partial charge in [0.05, 0.1) is 28.6 Å². The van der Waals surface area contributed by atoms with Crippen LogP contribution in [0.2, 0.25) is 5.02 Å². The lowest BCUT2D eigenvalue weighted by Gasteiger charge is -2.38. The molecule has 0 radical (unpaired) electrons. The van der Waals surface area contributed by atoms with Crippen molar-refractivity contribution in [2.75, 3.05) is 17.6 Å². The zero-order valence-corrected chi connectivity index (χ0v) is 18.7. The Morgan fingerprint density at radius 1 is 1.24 bits per heavy atom. The third-order valence-electron chi connectivity index (χ3n) is 4.98. The summed E-state index contributed by atoms with van der Waals surface area (Å²) in [6.07, 6.45) is 1.69. The first-order valence-electron chi connectivity index (χ1n) is 9.21. The second-order valence-corrected chi connectivity index (χ2v) is 10.4. The molecule has 0 bridgehead atoms. The van der Waals surface area contributed by atoms with Gasteiger partial charge in [-0.3, -0.25) is 9.10 Å². The van der Waals surface area contributed by atoms with E-state index in [9.17, 15) is 13.2 Å². The number of rotatable bonds is 4. The highest BCUT2D eigenvalue weighted by atomic mass is 35.5. The van der Waals surface area contributed by atoms with Gasteiger partial charge in [0.15, 0.2) is 0 Å². The van der Waals surface area contributed by atoms with Gasteiger partial charge in [-0.1, -0.05) is 29.3 Å². The normalized spacial score (nSPS) is 17.8. The Morgan fingerprint density at radius 2 is 1.93 bits per heavy atom. The van der Waals surface area contributed by atoms with Crippen LogP contribution >= 0.6 is 11.6 Å². The summed E-state index contributed by atoms with van der Waals surface area (Å²) in [6, 6.07) is 10.2. The molecule has 0 fully saturated rings. The molecule has 0 spiro atoms. The van der Waals surface area contributed by atoms with Gasteiger partial charge in [0.25, 0.3) is 5.91 Å². The van der Waals surface area contributed by atoms with E-state index >= 15 is 0 Å². The van der Waals surface area contributed by atoms with E-state index in [1.54, 1.807) is 6.07 Å². The van der Waals surface area contributed by atoms with Gasteiger partial charge in [-0.25, -0.2) is 8.42 Å². The number of halogens is 1. The molecule has 1 heterocycles. The number of aryl methyl sites for hydroxylation is 1. The lowest BCUT2D eigenvalue weighted by molar-refractivity contribution is 0.0619. The minimum absolute atomic E-state index is 0.221. The van der Waals surface area contributed by atoms with Crippen LogP contribution in [0.5, 0.6) is 5.75 Å². The van der Waals surface area contributed by atoms with E-state index in [-0.39, 0.29) is 22.5 Å². The minimum Gasteiger partial charge on any atom is -0.487 e. The molecular formula is C21H25ClN2O4S. The van der Waals surface area contributed by atoms with Gasteiger partial charge in [0.1, 0.15) is 11.4 Å². The number of ether oxygens (including phenoxy) is 1. The zero-order chi connectivity index (χ0) is 21.6. The van der Waals surface area contributed by atoms with Crippen LogP contribution in [0.1, 0.15) is 47.8 Å². The quantitative estimate of drug-likeness (QED) is 0.783. The monoisotopic (exact) mass is 436 g/mol. The van der Waals surface area contributed by atoms with Crippen LogP contribution in [0.4, 0.5) is 5.69 Å². The summed E-state index contributed by atoms with van der Waals surface area (Å²) < 4.78 is 30.8. The van der Waals surface area contributed by atoms with Crippen LogP contribution in [0.15, 0.2) is 36.4 Å². The second kappa shape index (κ2) is 7.54. The number of anilines is 1. The van der Waals surface area contributed by atoms with Gasteiger partial charge in [-0.15, -0.1) is 0 Å². The molecule has 8 heteroatoms. The van der Waals surface area contributed by atoms with Crippen LogP contribution in [0.25, 0.3) is 0 Å². The lowest BCUT2D eigenvalue weighted by Crippen LogP contribution is -2.41. The Kier molecular flexibility index (Phi) is 5.58. The summed E-state index contributed by atoms with van der Waals surface area (Å²) in [7, 11) is -2.03. The van der Waals surface area contributed by atoms with E-state index in [1.807, 2.05) is 39.0 Å². The molecule has 0 saturated heterocycles. The number of hydrogen-bond acceptors (Lipinski definition) is 4. The topological polar surface area (TPSA) is 75.7 Å². The van der Waals surface area contributed by atoms with Crippen molar-refractivity contribution in [3.63, 3.8) is 0 Å². The number of nitrogens with one attached hydrogen (secondary N) is 1. The molecule has 156 valence electrons. The number of amides is 1. The predicted molar refractivity (Wildman–Crippen MR) is 115 cm³/mol. The molecule has 0 saturated carbocycles. The molecule has 2 aromatic carbocycles. The Labute approximate surface area is 176 Å². The Morgan fingerprint density at radius 3 is 2.59 bits per heavy atom. The highest BCUT2D eigenvalue weighted by Gasteiger charge is 2.35. The van der Waals surface area contributed by atoms with Crippen molar-refractivity contribution < 1.29 is 17.9 Å².